The third kappa shape index (κ3) is 4.93. The summed E-state index contributed by atoms with van der Waals surface area (Å²) in [5.74, 6) is 0.252. The highest BCUT2D eigenvalue weighted by atomic mass is 15.2. The first-order valence-corrected chi connectivity index (χ1v) is 19.1. The Morgan fingerprint density at radius 3 is 2.13 bits per heavy atom. The molecule has 2 aromatic heterocycles. The highest BCUT2D eigenvalue weighted by Crippen LogP contribution is 2.54. The zero-order valence-electron chi connectivity index (χ0n) is 30.5. The van der Waals surface area contributed by atoms with Gasteiger partial charge in [0.1, 0.15) is 0 Å². The van der Waals surface area contributed by atoms with Gasteiger partial charge in [-0.2, -0.15) is 0 Å². The Morgan fingerprint density at radius 2 is 1.24 bits per heavy atom. The molecule has 0 radical (unpaired) electrons. The fourth-order valence-electron chi connectivity index (χ4n) is 9.18. The Kier molecular flexibility index (Phi) is 7.05. The molecule has 9 aromatic rings. The average Bonchev–Trinajstić information content (AvgIpc) is 3.72. The van der Waals surface area contributed by atoms with E-state index in [-0.39, 0.29) is 11.5 Å². The molecule has 0 spiro atoms. The molecule has 3 nitrogen and oxygen atoms in total. The van der Waals surface area contributed by atoms with Crippen molar-refractivity contribution in [1.29, 1.82) is 0 Å². The number of pyridine rings is 1. The van der Waals surface area contributed by atoms with Crippen molar-refractivity contribution < 1.29 is 0 Å². The Bertz CT molecular complexity index is 3010. The number of fused-ring (bicyclic) bond motifs is 7. The zero-order valence-corrected chi connectivity index (χ0v) is 30.5. The molecule has 3 heteroatoms. The molecule has 2 atom stereocenters. The second-order valence-electron chi connectivity index (χ2n) is 15.0. The SMILES string of the molecule is CC12C=CC=CC1c1cc(-c3ccc4c(c3)c3ccccc3n4-c3ccc(-c4ccc5ccccc5n4)cc3-c3ccccc3)ccc1N2c1ccccc1. The van der Waals surface area contributed by atoms with E-state index in [0.29, 0.717) is 0 Å². The Balaban J connectivity index is 1.07. The monoisotopic (exact) mass is 703 g/mol. The summed E-state index contributed by atoms with van der Waals surface area (Å²) in [6, 6.07) is 63.8. The molecule has 1 aliphatic heterocycles. The van der Waals surface area contributed by atoms with Gasteiger partial charge in [0.2, 0.25) is 0 Å². The minimum atomic E-state index is -0.176. The molecule has 55 heavy (non-hydrogen) atoms. The van der Waals surface area contributed by atoms with Crippen LogP contribution in [0.15, 0.2) is 200 Å². The van der Waals surface area contributed by atoms with Crippen LogP contribution >= 0.6 is 0 Å². The standard InChI is InChI=1S/C52H37N3/c1-52-31-13-12-20-45(52)44-33-38(25-30-51(44)55(52)40-17-6-3-7-18-40)37-24-28-50-43(32-37)41-19-9-11-22-48(41)54(50)49-29-26-39(34-42(49)35-14-4-2-5-15-35)47-27-23-36-16-8-10-21-46(36)53-47/h2-34,45H,1H3. The number of nitrogens with zero attached hydrogens (tertiary/aromatic N) is 3. The first-order valence-electron chi connectivity index (χ1n) is 19.1. The van der Waals surface area contributed by atoms with E-state index in [0.717, 1.165) is 27.8 Å². The summed E-state index contributed by atoms with van der Waals surface area (Å²) in [6.45, 7) is 2.36. The van der Waals surface area contributed by atoms with Crippen molar-refractivity contribution in [3.05, 3.63) is 206 Å². The van der Waals surface area contributed by atoms with Gasteiger partial charge in [0.25, 0.3) is 0 Å². The maximum absolute atomic E-state index is 5.06. The van der Waals surface area contributed by atoms with E-state index in [4.69, 9.17) is 4.98 Å². The summed E-state index contributed by atoms with van der Waals surface area (Å²) in [6.07, 6.45) is 9.13. The van der Waals surface area contributed by atoms with Crippen LogP contribution in [0.1, 0.15) is 18.4 Å². The predicted octanol–water partition coefficient (Wildman–Crippen LogP) is 13.5. The van der Waals surface area contributed by atoms with Gasteiger partial charge in [0.05, 0.1) is 33.5 Å². The molecule has 260 valence electrons. The Labute approximate surface area is 320 Å². The van der Waals surface area contributed by atoms with Crippen LogP contribution in [-0.4, -0.2) is 15.1 Å². The zero-order chi connectivity index (χ0) is 36.5. The van der Waals surface area contributed by atoms with Crippen LogP contribution in [0, 0.1) is 0 Å². The van der Waals surface area contributed by atoms with Gasteiger partial charge in [-0.25, -0.2) is 4.98 Å². The van der Waals surface area contributed by atoms with Gasteiger partial charge < -0.3 is 9.47 Å². The van der Waals surface area contributed by atoms with Crippen LogP contribution in [-0.2, 0) is 0 Å². The second kappa shape index (κ2) is 12.3. The van der Waals surface area contributed by atoms with Crippen LogP contribution in [0.3, 0.4) is 0 Å². The summed E-state index contributed by atoms with van der Waals surface area (Å²) in [4.78, 5) is 7.57. The Hall–Kier alpha value is -6.97. The Morgan fingerprint density at radius 1 is 0.527 bits per heavy atom. The first-order chi connectivity index (χ1) is 27.1. The number of hydrogen-bond donors (Lipinski definition) is 0. The van der Waals surface area contributed by atoms with Crippen LogP contribution < -0.4 is 4.90 Å². The fourth-order valence-corrected chi connectivity index (χ4v) is 9.18. The molecule has 0 amide bonds. The van der Waals surface area contributed by atoms with Gasteiger partial charge >= 0.3 is 0 Å². The molecule has 0 N–H and O–H groups in total. The number of aromatic nitrogens is 2. The van der Waals surface area contributed by atoms with Crippen molar-refractivity contribution >= 4 is 44.1 Å². The van der Waals surface area contributed by atoms with E-state index in [9.17, 15) is 0 Å². The lowest BCUT2D eigenvalue weighted by Gasteiger charge is -2.39. The van der Waals surface area contributed by atoms with E-state index in [2.05, 4.69) is 217 Å². The molecule has 3 heterocycles. The van der Waals surface area contributed by atoms with Crippen molar-refractivity contribution in [1.82, 2.24) is 9.55 Å². The maximum Gasteiger partial charge on any atom is 0.0712 e. The summed E-state index contributed by atoms with van der Waals surface area (Å²) < 4.78 is 2.44. The molecule has 1 aliphatic carbocycles. The lowest BCUT2D eigenvalue weighted by Crippen LogP contribution is -2.41. The minimum Gasteiger partial charge on any atom is -0.331 e. The number of rotatable bonds is 5. The molecule has 0 fully saturated rings. The van der Waals surface area contributed by atoms with Gasteiger partial charge in [-0.05, 0) is 95.9 Å². The smallest absolute Gasteiger partial charge is 0.0712 e. The normalized spacial score (nSPS) is 17.3. The van der Waals surface area contributed by atoms with Crippen molar-refractivity contribution in [2.75, 3.05) is 4.90 Å². The number of allylic oxidation sites excluding steroid dienone is 2. The van der Waals surface area contributed by atoms with E-state index in [1.807, 2.05) is 0 Å². The molecule has 0 bridgehead atoms. The molecule has 2 unspecified atom stereocenters. The lowest BCUT2D eigenvalue weighted by atomic mass is 9.80. The number of hydrogen-bond acceptors (Lipinski definition) is 2. The first kappa shape index (κ1) is 31.5. The van der Waals surface area contributed by atoms with Crippen molar-refractivity contribution in [3.63, 3.8) is 0 Å². The molecular weight excluding hydrogens is 667 g/mol. The van der Waals surface area contributed by atoms with E-state index >= 15 is 0 Å². The van der Waals surface area contributed by atoms with Gasteiger partial charge in [-0.15, -0.1) is 0 Å². The summed E-state index contributed by atoms with van der Waals surface area (Å²) >= 11 is 0. The largest absolute Gasteiger partial charge is 0.331 e. The maximum atomic E-state index is 5.06. The topological polar surface area (TPSA) is 21.1 Å². The highest BCUT2D eigenvalue weighted by molar-refractivity contribution is 6.11. The van der Waals surface area contributed by atoms with Crippen molar-refractivity contribution in [2.24, 2.45) is 0 Å². The van der Waals surface area contributed by atoms with Crippen molar-refractivity contribution in [3.8, 4) is 39.2 Å². The van der Waals surface area contributed by atoms with Gasteiger partial charge in [-0.1, -0.05) is 133 Å². The van der Waals surface area contributed by atoms with Gasteiger partial charge in [-0.3, -0.25) is 0 Å². The highest BCUT2D eigenvalue weighted by Gasteiger charge is 2.47. The summed E-state index contributed by atoms with van der Waals surface area (Å²) in [5.41, 5.74) is 15.0. The van der Waals surface area contributed by atoms with Crippen molar-refractivity contribution in [2.45, 2.75) is 18.4 Å². The number of para-hydroxylation sites is 3. The van der Waals surface area contributed by atoms with Gasteiger partial charge in [0, 0.05) is 44.6 Å². The molecule has 2 aliphatic rings. The average molecular weight is 704 g/mol. The third-order valence-corrected chi connectivity index (χ3v) is 11.8. The van der Waals surface area contributed by atoms with Crippen LogP contribution in [0.2, 0.25) is 0 Å². The van der Waals surface area contributed by atoms with E-state index in [1.165, 1.54) is 61.0 Å². The van der Waals surface area contributed by atoms with Gasteiger partial charge in [0.15, 0.2) is 0 Å². The lowest BCUT2D eigenvalue weighted by molar-refractivity contribution is 0.542. The number of anilines is 2. The molecule has 0 saturated heterocycles. The minimum absolute atomic E-state index is 0.176. The molecule has 11 rings (SSSR count). The second-order valence-corrected chi connectivity index (χ2v) is 15.0. The van der Waals surface area contributed by atoms with E-state index in [1.54, 1.807) is 0 Å². The quantitative estimate of drug-likeness (QED) is 0.178. The third-order valence-electron chi connectivity index (χ3n) is 11.8. The molecule has 0 saturated carbocycles. The molecular formula is C52H37N3. The summed E-state index contributed by atoms with van der Waals surface area (Å²) in [7, 11) is 0. The van der Waals surface area contributed by atoms with Crippen LogP contribution in [0.4, 0.5) is 11.4 Å². The van der Waals surface area contributed by atoms with Crippen LogP contribution in [0.25, 0.3) is 71.9 Å². The molecule has 7 aromatic carbocycles. The predicted molar refractivity (Wildman–Crippen MR) is 230 cm³/mol. The van der Waals surface area contributed by atoms with E-state index < -0.39 is 0 Å². The number of benzene rings is 7. The van der Waals surface area contributed by atoms with Crippen LogP contribution in [0.5, 0.6) is 0 Å². The fraction of sp³-hybridized carbons (Fsp3) is 0.0577. The summed E-state index contributed by atoms with van der Waals surface area (Å²) in [5, 5.41) is 3.62.